The summed E-state index contributed by atoms with van der Waals surface area (Å²) in [6.07, 6.45) is 19.2. The van der Waals surface area contributed by atoms with E-state index in [0.29, 0.717) is 0 Å². The normalized spacial score (nSPS) is 12.1. The summed E-state index contributed by atoms with van der Waals surface area (Å²) in [6, 6.07) is 0. The first-order chi connectivity index (χ1) is 9.77. The minimum absolute atomic E-state index is 0. The molecule has 0 aliphatic rings. The second-order valence-corrected chi connectivity index (χ2v) is 6.23. The number of hydrogen-bond acceptors (Lipinski definition) is 2. The maximum atomic E-state index is 9.05. The summed E-state index contributed by atoms with van der Waals surface area (Å²) in [5, 5.41) is 12.1. The lowest BCUT2D eigenvalue weighted by atomic mass is 10.0. The molecule has 0 spiro atoms. The highest BCUT2D eigenvalue weighted by molar-refractivity contribution is 8.93. The van der Waals surface area contributed by atoms with Gasteiger partial charge in [-0.15, -0.1) is 17.0 Å². The van der Waals surface area contributed by atoms with E-state index in [0.717, 1.165) is 6.54 Å². The fraction of sp³-hybridized carbons (Fsp3) is 1.00. The van der Waals surface area contributed by atoms with Gasteiger partial charge in [0.25, 0.3) is 0 Å². The quantitative estimate of drug-likeness (QED) is 0.260. The standard InChI is InChI=1S/C18H39NO.BrH/c1-3-4-5-6-7-8-9-10-11-12-13-14-15-16-17-19-18(2)20;/h18-20H,3-17H2,1-2H3;1H. The van der Waals surface area contributed by atoms with E-state index in [9.17, 15) is 0 Å². The van der Waals surface area contributed by atoms with Crippen LogP contribution in [-0.4, -0.2) is 17.9 Å². The molecule has 0 bridgehead atoms. The predicted molar refractivity (Wildman–Crippen MR) is 100 cm³/mol. The van der Waals surface area contributed by atoms with E-state index in [1.165, 1.54) is 89.9 Å². The molecule has 0 heterocycles. The average molecular weight is 366 g/mol. The first-order valence-electron chi connectivity index (χ1n) is 9.18. The van der Waals surface area contributed by atoms with Crippen molar-refractivity contribution < 1.29 is 5.11 Å². The van der Waals surface area contributed by atoms with Crippen LogP contribution in [0, 0.1) is 0 Å². The largest absolute Gasteiger partial charge is 0.379 e. The summed E-state index contributed by atoms with van der Waals surface area (Å²) in [4.78, 5) is 0. The van der Waals surface area contributed by atoms with Gasteiger partial charge in [-0.3, -0.25) is 5.32 Å². The molecule has 0 fully saturated rings. The van der Waals surface area contributed by atoms with Crippen molar-refractivity contribution in [2.24, 2.45) is 0 Å². The molecule has 0 aromatic heterocycles. The van der Waals surface area contributed by atoms with Gasteiger partial charge in [-0.2, -0.15) is 0 Å². The number of unbranched alkanes of at least 4 members (excludes halogenated alkanes) is 13. The highest BCUT2D eigenvalue weighted by atomic mass is 79.9. The van der Waals surface area contributed by atoms with E-state index < -0.39 is 0 Å². The molecule has 2 nitrogen and oxygen atoms in total. The van der Waals surface area contributed by atoms with Gasteiger partial charge in [0.15, 0.2) is 0 Å². The fourth-order valence-electron chi connectivity index (χ4n) is 2.63. The lowest BCUT2D eigenvalue weighted by molar-refractivity contribution is 0.156. The lowest BCUT2D eigenvalue weighted by Crippen LogP contribution is -2.26. The van der Waals surface area contributed by atoms with Crippen molar-refractivity contribution in [2.75, 3.05) is 6.54 Å². The third kappa shape index (κ3) is 22.8. The van der Waals surface area contributed by atoms with E-state index in [-0.39, 0.29) is 23.2 Å². The SMILES string of the molecule is Br.CCCCCCCCCCCCCCCCNC(C)O. The Balaban J connectivity index is 0. The molecule has 2 N–H and O–H groups in total. The summed E-state index contributed by atoms with van der Waals surface area (Å²) in [7, 11) is 0. The Labute approximate surface area is 144 Å². The molecule has 0 saturated carbocycles. The van der Waals surface area contributed by atoms with Crippen LogP contribution in [-0.2, 0) is 0 Å². The van der Waals surface area contributed by atoms with Crippen molar-refractivity contribution >= 4 is 17.0 Å². The number of rotatable bonds is 16. The minimum Gasteiger partial charge on any atom is -0.379 e. The topological polar surface area (TPSA) is 32.3 Å². The Bertz CT molecular complexity index is 177. The van der Waals surface area contributed by atoms with E-state index in [2.05, 4.69) is 12.2 Å². The number of nitrogens with one attached hydrogen (secondary N) is 1. The van der Waals surface area contributed by atoms with Gasteiger partial charge in [0.2, 0.25) is 0 Å². The van der Waals surface area contributed by atoms with Crippen LogP contribution in [0.25, 0.3) is 0 Å². The van der Waals surface area contributed by atoms with Crippen molar-refractivity contribution in [1.29, 1.82) is 0 Å². The van der Waals surface area contributed by atoms with Crippen molar-refractivity contribution in [3.8, 4) is 0 Å². The molecule has 3 heteroatoms. The smallest absolute Gasteiger partial charge is 0.102 e. The fourth-order valence-corrected chi connectivity index (χ4v) is 2.63. The Morgan fingerprint density at radius 3 is 1.33 bits per heavy atom. The summed E-state index contributed by atoms with van der Waals surface area (Å²) < 4.78 is 0. The average Bonchev–Trinajstić information content (AvgIpc) is 2.43. The van der Waals surface area contributed by atoms with E-state index in [4.69, 9.17) is 5.11 Å². The highest BCUT2D eigenvalue weighted by Gasteiger charge is 1.95. The van der Waals surface area contributed by atoms with Crippen LogP contribution in [0.5, 0.6) is 0 Å². The van der Waals surface area contributed by atoms with Crippen LogP contribution in [0.1, 0.15) is 104 Å². The zero-order valence-corrected chi connectivity index (χ0v) is 16.3. The Morgan fingerprint density at radius 1 is 0.667 bits per heavy atom. The molecule has 21 heavy (non-hydrogen) atoms. The molecule has 0 rings (SSSR count). The predicted octanol–water partition coefficient (Wildman–Crippen LogP) is 5.97. The third-order valence-corrected chi connectivity index (χ3v) is 3.97. The van der Waals surface area contributed by atoms with Gasteiger partial charge in [-0.05, 0) is 19.9 Å². The van der Waals surface area contributed by atoms with Crippen LogP contribution >= 0.6 is 17.0 Å². The summed E-state index contributed by atoms with van der Waals surface area (Å²) in [6.45, 7) is 5.02. The molecule has 0 aromatic rings. The van der Waals surface area contributed by atoms with Gasteiger partial charge in [0, 0.05) is 0 Å². The molecule has 1 unspecified atom stereocenters. The van der Waals surface area contributed by atoms with Gasteiger partial charge in [0.1, 0.15) is 6.23 Å². The van der Waals surface area contributed by atoms with E-state index in [1.807, 2.05) is 0 Å². The van der Waals surface area contributed by atoms with Crippen LogP contribution in [0.2, 0.25) is 0 Å². The van der Waals surface area contributed by atoms with E-state index in [1.54, 1.807) is 6.92 Å². The maximum absolute atomic E-state index is 9.05. The zero-order valence-electron chi connectivity index (χ0n) is 14.5. The molecule has 0 aliphatic carbocycles. The lowest BCUT2D eigenvalue weighted by Gasteiger charge is -2.06. The van der Waals surface area contributed by atoms with Crippen molar-refractivity contribution in [3.63, 3.8) is 0 Å². The Hall–Kier alpha value is 0.400. The summed E-state index contributed by atoms with van der Waals surface area (Å²) in [5.74, 6) is 0. The molecule has 0 aromatic carbocycles. The minimum atomic E-state index is -0.350. The van der Waals surface area contributed by atoms with Crippen LogP contribution in [0.4, 0.5) is 0 Å². The van der Waals surface area contributed by atoms with Gasteiger partial charge in [0.05, 0.1) is 0 Å². The number of halogens is 1. The molecule has 0 radical (unpaired) electrons. The number of aliphatic hydroxyl groups is 1. The molecule has 0 aliphatic heterocycles. The highest BCUT2D eigenvalue weighted by Crippen LogP contribution is 2.12. The van der Waals surface area contributed by atoms with Crippen molar-refractivity contribution in [3.05, 3.63) is 0 Å². The van der Waals surface area contributed by atoms with Gasteiger partial charge < -0.3 is 5.11 Å². The molecular weight excluding hydrogens is 326 g/mol. The Kier molecular flexibility index (Phi) is 23.0. The Morgan fingerprint density at radius 2 is 1.00 bits per heavy atom. The van der Waals surface area contributed by atoms with Gasteiger partial charge in [-0.25, -0.2) is 0 Å². The molecular formula is C18H40BrNO. The van der Waals surface area contributed by atoms with Crippen molar-refractivity contribution in [1.82, 2.24) is 5.32 Å². The van der Waals surface area contributed by atoms with Gasteiger partial charge >= 0.3 is 0 Å². The van der Waals surface area contributed by atoms with Crippen LogP contribution < -0.4 is 5.32 Å². The number of aliphatic hydroxyl groups excluding tert-OH is 1. The second-order valence-electron chi connectivity index (χ2n) is 6.23. The summed E-state index contributed by atoms with van der Waals surface area (Å²) >= 11 is 0. The monoisotopic (exact) mass is 365 g/mol. The van der Waals surface area contributed by atoms with Crippen LogP contribution in [0.15, 0.2) is 0 Å². The second kappa shape index (κ2) is 20.4. The molecule has 130 valence electrons. The first kappa shape index (κ1) is 23.7. The summed E-state index contributed by atoms with van der Waals surface area (Å²) in [5.41, 5.74) is 0. The van der Waals surface area contributed by atoms with E-state index >= 15 is 0 Å². The first-order valence-corrected chi connectivity index (χ1v) is 9.18. The number of hydrogen-bond donors (Lipinski definition) is 2. The third-order valence-electron chi connectivity index (χ3n) is 3.97. The van der Waals surface area contributed by atoms with Gasteiger partial charge in [-0.1, -0.05) is 90.4 Å². The maximum Gasteiger partial charge on any atom is 0.102 e. The van der Waals surface area contributed by atoms with Crippen molar-refractivity contribution in [2.45, 2.75) is 110 Å². The van der Waals surface area contributed by atoms with Crippen LogP contribution in [0.3, 0.4) is 0 Å². The molecule has 0 saturated heterocycles. The molecule has 1 atom stereocenters. The molecule has 0 amide bonds. The zero-order chi connectivity index (χ0) is 14.9.